The normalized spacial score (nSPS) is 10.4. The minimum Gasteiger partial charge on any atom is -0.496 e. The lowest BCUT2D eigenvalue weighted by molar-refractivity contribution is 0.223. The van der Waals surface area contributed by atoms with Crippen molar-refractivity contribution in [1.82, 2.24) is 4.90 Å². The second-order valence-electron chi connectivity index (χ2n) is 4.08. The topological polar surface area (TPSA) is 56.5 Å². The molecule has 0 amide bonds. The van der Waals surface area contributed by atoms with Gasteiger partial charge in [-0.1, -0.05) is 6.92 Å². The molecule has 0 heterocycles. The number of benzene rings is 1. The fourth-order valence-corrected chi connectivity index (χ4v) is 1.86. The van der Waals surface area contributed by atoms with Gasteiger partial charge in [0.05, 0.1) is 18.7 Å². The second kappa shape index (κ2) is 7.70. The Hall–Kier alpha value is -1.57. The molecular weight excluding hydrogens is 228 g/mol. The molecule has 0 radical (unpaired) electrons. The molecule has 1 aromatic carbocycles. The maximum Gasteiger partial charge on any atom is 0.123 e. The molecule has 0 saturated carbocycles. The zero-order valence-corrected chi connectivity index (χ0v) is 11.0. The molecule has 1 rings (SSSR count). The Labute approximate surface area is 108 Å². The maximum absolute atomic E-state index is 8.92. The average molecular weight is 248 g/mol. The molecule has 0 atom stereocenters. The number of nitriles is 1. The van der Waals surface area contributed by atoms with E-state index in [0.29, 0.717) is 5.56 Å². The number of methoxy groups -OCH3 is 1. The Kier molecular flexibility index (Phi) is 6.20. The summed E-state index contributed by atoms with van der Waals surface area (Å²) in [7, 11) is 1.63. The molecule has 0 aliphatic carbocycles. The summed E-state index contributed by atoms with van der Waals surface area (Å²) in [5, 5.41) is 17.8. The van der Waals surface area contributed by atoms with Crippen LogP contribution in [-0.2, 0) is 6.54 Å². The van der Waals surface area contributed by atoms with Gasteiger partial charge in [-0.05, 0) is 31.2 Å². The van der Waals surface area contributed by atoms with Crippen LogP contribution >= 0.6 is 0 Å². The smallest absolute Gasteiger partial charge is 0.123 e. The van der Waals surface area contributed by atoms with E-state index < -0.39 is 0 Å². The third kappa shape index (κ3) is 4.02. The summed E-state index contributed by atoms with van der Waals surface area (Å²) < 4.78 is 5.31. The first kappa shape index (κ1) is 14.5. The molecule has 4 nitrogen and oxygen atoms in total. The molecule has 0 fully saturated rings. The van der Waals surface area contributed by atoms with Crippen molar-refractivity contribution in [1.29, 1.82) is 5.26 Å². The van der Waals surface area contributed by atoms with Crippen LogP contribution in [0.3, 0.4) is 0 Å². The fraction of sp³-hybridized carbons (Fsp3) is 0.500. The Balaban J connectivity index is 2.83. The van der Waals surface area contributed by atoms with Crippen LogP contribution in [0.15, 0.2) is 18.2 Å². The molecular formula is C14H20N2O2. The lowest BCUT2D eigenvalue weighted by Crippen LogP contribution is -2.25. The summed E-state index contributed by atoms with van der Waals surface area (Å²) in [5.74, 6) is 0.802. The third-order valence-electron chi connectivity index (χ3n) is 2.88. The molecule has 0 aliphatic heterocycles. The number of hydrogen-bond donors (Lipinski definition) is 1. The molecule has 18 heavy (non-hydrogen) atoms. The third-order valence-corrected chi connectivity index (χ3v) is 2.88. The van der Waals surface area contributed by atoms with Gasteiger partial charge in [0.1, 0.15) is 5.75 Å². The van der Waals surface area contributed by atoms with Crippen LogP contribution in [0.5, 0.6) is 5.75 Å². The second-order valence-corrected chi connectivity index (χ2v) is 4.08. The van der Waals surface area contributed by atoms with E-state index in [1.54, 1.807) is 13.2 Å². The van der Waals surface area contributed by atoms with Gasteiger partial charge in [-0.2, -0.15) is 5.26 Å². The highest BCUT2D eigenvalue weighted by atomic mass is 16.5. The maximum atomic E-state index is 8.92. The van der Waals surface area contributed by atoms with Crippen molar-refractivity contribution in [2.24, 2.45) is 0 Å². The molecule has 0 spiro atoms. The van der Waals surface area contributed by atoms with Crippen molar-refractivity contribution in [3.05, 3.63) is 29.3 Å². The van der Waals surface area contributed by atoms with Gasteiger partial charge in [0.2, 0.25) is 0 Å². The van der Waals surface area contributed by atoms with Gasteiger partial charge in [0.25, 0.3) is 0 Å². The Bertz CT molecular complexity index is 413. The lowest BCUT2D eigenvalue weighted by Gasteiger charge is -2.21. The molecule has 0 unspecified atom stereocenters. The van der Waals surface area contributed by atoms with E-state index in [2.05, 4.69) is 17.9 Å². The molecule has 1 aromatic rings. The molecule has 1 N–H and O–H groups in total. The average Bonchev–Trinajstić information content (AvgIpc) is 2.43. The summed E-state index contributed by atoms with van der Waals surface area (Å²) in [6.07, 6.45) is 0.758. The van der Waals surface area contributed by atoms with E-state index in [0.717, 1.165) is 37.4 Å². The first-order valence-corrected chi connectivity index (χ1v) is 6.15. The largest absolute Gasteiger partial charge is 0.496 e. The van der Waals surface area contributed by atoms with Crippen molar-refractivity contribution in [2.75, 3.05) is 26.8 Å². The lowest BCUT2D eigenvalue weighted by atomic mass is 10.1. The van der Waals surface area contributed by atoms with Crippen LogP contribution in [0.4, 0.5) is 0 Å². The van der Waals surface area contributed by atoms with Crippen molar-refractivity contribution < 1.29 is 9.84 Å². The van der Waals surface area contributed by atoms with Gasteiger partial charge in [-0.25, -0.2) is 0 Å². The molecule has 0 saturated heterocycles. The van der Waals surface area contributed by atoms with Crippen LogP contribution in [0.25, 0.3) is 0 Å². The Morgan fingerprint density at radius 2 is 2.22 bits per heavy atom. The number of hydrogen-bond acceptors (Lipinski definition) is 4. The highest BCUT2D eigenvalue weighted by Gasteiger charge is 2.09. The monoisotopic (exact) mass is 248 g/mol. The van der Waals surface area contributed by atoms with E-state index in [4.69, 9.17) is 15.1 Å². The highest BCUT2D eigenvalue weighted by molar-refractivity contribution is 5.42. The van der Waals surface area contributed by atoms with Crippen molar-refractivity contribution in [3.8, 4) is 11.8 Å². The summed E-state index contributed by atoms with van der Waals surface area (Å²) in [5.41, 5.74) is 1.65. The standard InChI is InChI=1S/C14H20N2O2/c1-3-16(7-4-8-17)11-13-9-12(10-15)5-6-14(13)18-2/h5-6,9,17H,3-4,7-8,11H2,1-2H3. The Morgan fingerprint density at radius 3 is 2.78 bits per heavy atom. The van der Waals surface area contributed by atoms with Gasteiger partial charge in [-0.3, -0.25) is 4.90 Å². The predicted octanol–water partition coefficient (Wildman–Crippen LogP) is 1.77. The number of rotatable bonds is 7. The van der Waals surface area contributed by atoms with Crippen LogP contribution in [0.1, 0.15) is 24.5 Å². The number of aliphatic hydroxyl groups excluding tert-OH is 1. The van der Waals surface area contributed by atoms with Gasteiger partial charge in [0.15, 0.2) is 0 Å². The van der Waals surface area contributed by atoms with Crippen LogP contribution in [0.2, 0.25) is 0 Å². The number of ether oxygens (including phenoxy) is 1. The van der Waals surface area contributed by atoms with Gasteiger partial charge in [0, 0.05) is 25.3 Å². The first-order chi connectivity index (χ1) is 8.74. The van der Waals surface area contributed by atoms with Gasteiger partial charge in [-0.15, -0.1) is 0 Å². The molecule has 0 aliphatic rings. The quantitative estimate of drug-likeness (QED) is 0.799. The van der Waals surface area contributed by atoms with Crippen molar-refractivity contribution in [3.63, 3.8) is 0 Å². The summed E-state index contributed by atoms with van der Waals surface area (Å²) in [6.45, 7) is 4.76. The zero-order chi connectivity index (χ0) is 13.4. The minimum absolute atomic E-state index is 0.200. The number of nitrogens with zero attached hydrogens (tertiary/aromatic N) is 2. The van der Waals surface area contributed by atoms with Gasteiger partial charge < -0.3 is 9.84 Å². The minimum atomic E-state index is 0.200. The van der Waals surface area contributed by atoms with E-state index in [1.165, 1.54) is 0 Å². The zero-order valence-electron chi connectivity index (χ0n) is 11.0. The highest BCUT2D eigenvalue weighted by Crippen LogP contribution is 2.21. The van der Waals surface area contributed by atoms with Crippen LogP contribution in [0, 0.1) is 11.3 Å². The van der Waals surface area contributed by atoms with E-state index >= 15 is 0 Å². The molecule has 4 heteroatoms. The Morgan fingerprint density at radius 1 is 1.44 bits per heavy atom. The molecule has 0 bridgehead atoms. The summed E-state index contributed by atoms with van der Waals surface area (Å²) in [4.78, 5) is 2.22. The first-order valence-electron chi connectivity index (χ1n) is 6.15. The summed E-state index contributed by atoms with van der Waals surface area (Å²) >= 11 is 0. The van der Waals surface area contributed by atoms with E-state index in [-0.39, 0.29) is 6.61 Å². The number of aliphatic hydroxyl groups is 1. The van der Waals surface area contributed by atoms with Crippen LogP contribution < -0.4 is 4.74 Å². The molecule has 98 valence electrons. The molecule has 0 aromatic heterocycles. The van der Waals surface area contributed by atoms with Gasteiger partial charge >= 0.3 is 0 Å². The predicted molar refractivity (Wildman–Crippen MR) is 70.4 cm³/mol. The van der Waals surface area contributed by atoms with Crippen molar-refractivity contribution >= 4 is 0 Å². The van der Waals surface area contributed by atoms with E-state index in [9.17, 15) is 0 Å². The SMILES string of the molecule is CCN(CCCO)Cc1cc(C#N)ccc1OC. The van der Waals surface area contributed by atoms with Crippen molar-refractivity contribution in [2.45, 2.75) is 19.9 Å². The summed E-state index contributed by atoms with van der Waals surface area (Å²) in [6, 6.07) is 7.58. The van der Waals surface area contributed by atoms with Crippen LogP contribution in [-0.4, -0.2) is 36.8 Å². The van der Waals surface area contributed by atoms with E-state index in [1.807, 2.05) is 12.1 Å². The fourth-order valence-electron chi connectivity index (χ4n) is 1.86.